The Kier molecular flexibility index (Phi) is 5.01. The molecule has 6 heteroatoms. The van der Waals surface area contributed by atoms with E-state index in [2.05, 4.69) is 15.2 Å². The maximum Gasteiger partial charge on any atom is 0.193 e. The molecule has 0 aliphatic carbocycles. The highest BCUT2D eigenvalue weighted by Crippen LogP contribution is 2.15. The Labute approximate surface area is 111 Å². The zero-order chi connectivity index (χ0) is 13.8. The third-order valence-electron chi connectivity index (χ3n) is 3.20. The monoisotopic (exact) mass is 275 g/mol. The van der Waals surface area contributed by atoms with Gasteiger partial charge in [0.2, 0.25) is 0 Å². The van der Waals surface area contributed by atoms with Gasteiger partial charge in [0.1, 0.15) is 0 Å². The van der Waals surface area contributed by atoms with E-state index in [9.17, 15) is 8.42 Å². The summed E-state index contributed by atoms with van der Waals surface area (Å²) in [4.78, 5) is 6.36. The molecule has 1 aliphatic heterocycles. The van der Waals surface area contributed by atoms with Gasteiger partial charge < -0.3 is 10.2 Å². The predicted octanol–water partition coefficient (Wildman–Crippen LogP) is 0.871. The summed E-state index contributed by atoms with van der Waals surface area (Å²) in [5, 5.41) is 3.14. The topological polar surface area (TPSA) is 61.8 Å². The Bertz CT molecular complexity index is 390. The van der Waals surface area contributed by atoms with Crippen LogP contribution in [0.1, 0.15) is 33.6 Å². The van der Waals surface area contributed by atoms with E-state index in [0.717, 1.165) is 19.0 Å². The van der Waals surface area contributed by atoms with Gasteiger partial charge in [-0.3, -0.25) is 4.99 Å². The maximum absolute atomic E-state index is 11.9. The Morgan fingerprint density at radius 3 is 2.28 bits per heavy atom. The van der Waals surface area contributed by atoms with Crippen LogP contribution in [-0.4, -0.2) is 56.5 Å². The molecule has 0 unspecified atom stereocenters. The largest absolute Gasteiger partial charge is 0.355 e. The van der Waals surface area contributed by atoms with Crippen molar-refractivity contribution in [2.75, 3.05) is 32.4 Å². The summed E-state index contributed by atoms with van der Waals surface area (Å²) in [6.07, 6.45) is 2.36. The van der Waals surface area contributed by atoms with Gasteiger partial charge in [-0.1, -0.05) is 0 Å². The number of hydrogen-bond acceptors (Lipinski definition) is 3. The second kappa shape index (κ2) is 5.91. The number of nitrogens with zero attached hydrogens (tertiary/aromatic N) is 2. The number of nitrogens with one attached hydrogen (secondary N) is 1. The number of likely N-dealkylation sites (tertiary alicyclic amines) is 1. The van der Waals surface area contributed by atoms with E-state index in [1.54, 1.807) is 27.8 Å². The lowest BCUT2D eigenvalue weighted by atomic mass is 10.3. The molecule has 1 N–H and O–H groups in total. The fourth-order valence-electron chi connectivity index (χ4n) is 1.86. The van der Waals surface area contributed by atoms with Gasteiger partial charge >= 0.3 is 0 Å². The van der Waals surface area contributed by atoms with Crippen molar-refractivity contribution in [3.8, 4) is 0 Å². The minimum atomic E-state index is -3.06. The molecule has 1 heterocycles. The zero-order valence-electron chi connectivity index (χ0n) is 11.9. The summed E-state index contributed by atoms with van der Waals surface area (Å²) in [7, 11) is -1.33. The van der Waals surface area contributed by atoms with E-state index in [4.69, 9.17) is 0 Å². The highest BCUT2D eigenvalue weighted by Gasteiger charge is 2.28. The van der Waals surface area contributed by atoms with E-state index in [1.165, 1.54) is 12.8 Å². The first-order valence-electron chi connectivity index (χ1n) is 6.46. The molecular formula is C12H25N3O2S. The van der Waals surface area contributed by atoms with Gasteiger partial charge in [0.15, 0.2) is 15.8 Å². The Morgan fingerprint density at radius 1 is 1.28 bits per heavy atom. The van der Waals surface area contributed by atoms with Crippen molar-refractivity contribution in [3.05, 3.63) is 0 Å². The van der Waals surface area contributed by atoms with Crippen LogP contribution in [0.3, 0.4) is 0 Å². The average molecular weight is 275 g/mol. The van der Waals surface area contributed by atoms with Gasteiger partial charge in [0.25, 0.3) is 0 Å². The van der Waals surface area contributed by atoms with Gasteiger partial charge in [0, 0.05) is 26.7 Å². The van der Waals surface area contributed by atoms with Gasteiger partial charge in [-0.25, -0.2) is 8.42 Å². The van der Waals surface area contributed by atoms with Crippen LogP contribution in [0.4, 0.5) is 0 Å². The number of sulfone groups is 1. The number of guanidine groups is 1. The summed E-state index contributed by atoms with van der Waals surface area (Å²) >= 11 is 0. The molecule has 0 atom stereocenters. The molecule has 0 aromatic rings. The fraction of sp³-hybridized carbons (Fsp3) is 0.917. The molecule has 0 radical (unpaired) electrons. The minimum Gasteiger partial charge on any atom is -0.355 e. The van der Waals surface area contributed by atoms with Crippen LogP contribution in [0, 0.1) is 0 Å². The first-order chi connectivity index (χ1) is 8.28. The Hall–Kier alpha value is -0.780. The van der Waals surface area contributed by atoms with Crippen molar-refractivity contribution in [1.29, 1.82) is 0 Å². The van der Waals surface area contributed by atoms with Crippen molar-refractivity contribution in [2.45, 2.75) is 38.4 Å². The van der Waals surface area contributed by atoms with E-state index in [-0.39, 0.29) is 5.75 Å². The van der Waals surface area contributed by atoms with Gasteiger partial charge in [-0.05, 0) is 33.6 Å². The molecule has 106 valence electrons. The van der Waals surface area contributed by atoms with Crippen LogP contribution in [0.5, 0.6) is 0 Å². The molecule has 5 nitrogen and oxygen atoms in total. The minimum absolute atomic E-state index is 0.142. The van der Waals surface area contributed by atoms with Crippen molar-refractivity contribution < 1.29 is 8.42 Å². The lowest BCUT2D eigenvalue weighted by molar-refractivity contribution is 0.495. The first-order valence-corrected chi connectivity index (χ1v) is 8.11. The molecule has 0 aromatic heterocycles. The molecular weight excluding hydrogens is 250 g/mol. The fourth-order valence-corrected chi connectivity index (χ4v) is 2.85. The van der Waals surface area contributed by atoms with Crippen LogP contribution >= 0.6 is 0 Å². The lowest BCUT2D eigenvalue weighted by Gasteiger charge is -2.23. The van der Waals surface area contributed by atoms with Gasteiger partial charge in [-0.2, -0.15) is 0 Å². The van der Waals surface area contributed by atoms with Gasteiger partial charge in [0.05, 0.1) is 10.5 Å². The second-order valence-corrected chi connectivity index (χ2v) is 8.46. The number of rotatable bonds is 3. The number of hydrogen-bond donors (Lipinski definition) is 1. The van der Waals surface area contributed by atoms with E-state index >= 15 is 0 Å². The first kappa shape index (κ1) is 15.3. The van der Waals surface area contributed by atoms with Crippen LogP contribution < -0.4 is 5.32 Å². The predicted molar refractivity (Wildman–Crippen MR) is 75.7 cm³/mol. The van der Waals surface area contributed by atoms with Crippen LogP contribution in [0.25, 0.3) is 0 Å². The SMILES string of the molecule is CN=C(NCCS(=O)(=O)C(C)(C)C)N1CCCC1. The van der Waals surface area contributed by atoms with E-state index in [1.807, 2.05) is 0 Å². The third-order valence-corrected chi connectivity index (χ3v) is 5.81. The normalized spacial score (nSPS) is 18.2. The number of aliphatic imine (C=N–C) groups is 1. The molecule has 1 fully saturated rings. The van der Waals surface area contributed by atoms with Crippen molar-refractivity contribution in [3.63, 3.8) is 0 Å². The Balaban J connectivity index is 2.46. The molecule has 0 bridgehead atoms. The third kappa shape index (κ3) is 3.86. The second-order valence-electron chi connectivity index (χ2n) is 5.60. The molecule has 1 rings (SSSR count). The smallest absolute Gasteiger partial charge is 0.193 e. The molecule has 18 heavy (non-hydrogen) atoms. The van der Waals surface area contributed by atoms with E-state index in [0.29, 0.717) is 6.54 Å². The quantitative estimate of drug-likeness (QED) is 0.613. The summed E-state index contributed by atoms with van der Waals surface area (Å²) in [5.41, 5.74) is 0. The molecule has 0 saturated carbocycles. The van der Waals surface area contributed by atoms with Crippen molar-refractivity contribution in [2.24, 2.45) is 4.99 Å². The summed E-state index contributed by atoms with van der Waals surface area (Å²) in [5.74, 6) is 0.959. The average Bonchev–Trinajstić information content (AvgIpc) is 2.76. The molecule has 1 aliphatic rings. The van der Waals surface area contributed by atoms with Crippen LogP contribution in [0.2, 0.25) is 0 Å². The summed E-state index contributed by atoms with van der Waals surface area (Å²) < 4.78 is 23.2. The van der Waals surface area contributed by atoms with Gasteiger partial charge in [-0.15, -0.1) is 0 Å². The molecule has 0 spiro atoms. The highest BCUT2D eigenvalue weighted by atomic mass is 32.2. The summed E-state index contributed by atoms with van der Waals surface area (Å²) in [6.45, 7) is 7.63. The standard InChI is InChI=1S/C12H25N3O2S/c1-12(2,3)18(16,17)10-7-14-11(13-4)15-8-5-6-9-15/h5-10H2,1-4H3,(H,13,14). The zero-order valence-corrected chi connectivity index (χ0v) is 12.7. The van der Waals surface area contributed by atoms with Crippen LogP contribution in [-0.2, 0) is 9.84 Å². The molecule has 0 amide bonds. The van der Waals surface area contributed by atoms with E-state index < -0.39 is 14.6 Å². The molecule has 0 aromatic carbocycles. The van der Waals surface area contributed by atoms with Crippen molar-refractivity contribution in [1.82, 2.24) is 10.2 Å². The maximum atomic E-state index is 11.9. The summed E-state index contributed by atoms with van der Waals surface area (Å²) in [6, 6.07) is 0. The van der Waals surface area contributed by atoms with Crippen LogP contribution in [0.15, 0.2) is 4.99 Å². The van der Waals surface area contributed by atoms with Crippen molar-refractivity contribution >= 4 is 15.8 Å². The highest BCUT2D eigenvalue weighted by molar-refractivity contribution is 7.92. The molecule has 1 saturated heterocycles. The Morgan fingerprint density at radius 2 is 1.83 bits per heavy atom. The lowest BCUT2D eigenvalue weighted by Crippen LogP contribution is -2.43.